The maximum Gasteiger partial charge on any atom is 0.0605 e. The average Bonchev–Trinajstić information content (AvgIpc) is 2.66. The molecule has 2 aliphatic carbocycles. The Balaban J connectivity index is 1.20. The van der Waals surface area contributed by atoms with Gasteiger partial charge in [-0.05, 0) is 64.0 Å². The lowest BCUT2D eigenvalue weighted by molar-refractivity contribution is -0.0558. The maximum absolute atomic E-state index is 6.19. The van der Waals surface area contributed by atoms with Gasteiger partial charge in [0.05, 0.1) is 12.7 Å². The average molecular weight is 409 g/mol. The van der Waals surface area contributed by atoms with Crippen molar-refractivity contribution in [3.8, 4) is 0 Å². The van der Waals surface area contributed by atoms with Crippen molar-refractivity contribution in [1.82, 2.24) is 20.0 Å². The van der Waals surface area contributed by atoms with Crippen LogP contribution in [0.1, 0.15) is 59.3 Å². The summed E-state index contributed by atoms with van der Waals surface area (Å²) in [5, 5.41) is 3.63. The van der Waals surface area contributed by atoms with E-state index in [2.05, 4.69) is 47.8 Å². The van der Waals surface area contributed by atoms with Crippen molar-refractivity contribution in [2.45, 2.75) is 77.5 Å². The van der Waals surface area contributed by atoms with Crippen LogP contribution in [0.25, 0.3) is 0 Å². The van der Waals surface area contributed by atoms with E-state index in [9.17, 15) is 0 Å². The summed E-state index contributed by atoms with van der Waals surface area (Å²) in [6, 6.07) is 1.53. The van der Waals surface area contributed by atoms with Gasteiger partial charge in [0, 0.05) is 57.9 Å². The van der Waals surface area contributed by atoms with Gasteiger partial charge in [-0.15, -0.1) is 0 Å². The molecule has 3 rings (SSSR count). The van der Waals surface area contributed by atoms with Crippen LogP contribution in [0.4, 0.5) is 0 Å². The molecule has 0 aromatic heterocycles. The summed E-state index contributed by atoms with van der Waals surface area (Å²) >= 11 is 0. The molecule has 5 heteroatoms. The minimum atomic E-state index is 0.508. The van der Waals surface area contributed by atoms with Gasteiger partial charge in [0.1, 0.15) is 0 Å². The summed E-state index contributed by atoms with van der Waals surface area (Å²) in [5.74, 6) is 1.69. The summed E-state index contributed by atoms with van der Waals surface area (Å²) in [4.78, 5) is 7.83. The van der Waals surface area contributed by atoms with Crippen molar-refractivity contribution in [2.75, 3.05) is 66.0 Å². The molecule has 0 amide bonds. The predicted molar refractivity (Wildman–Crippen MR) is 123 cm³/mol. The molecule has 0 unspecified atom stereocenters. The highest BCUT2D eigenvalue weighted by atomic mass is 16.5. The Morgan fingerprint density at radius 3 is 2.28 bits per heavy atom. The first kappa shape index (κ1) is 23.5. The molecule has 3 aliphatic rings. The monoisotopic (exact) mass is 408 g/mol. The van der Waals surface area contributed by atoms with Crippen molar-refractivity contribution in [2.24, 2.45) is 11.8 Å². The van der Waals surface area contributed by atoms with Crippen molar-refractivity contribution < 1.29 is 4.74 Å². The number of nitrogens with one attached hydrogen (secondary N) is 1. The molecular formula is C24H48N4O. The third-order valence-electron chi connectivity index (χ3n) is 7.43. The van der Waals surface area contributed by atoms with Crippen LogP contribution in [0.3, 0.4) is 0 Å². The van der Waals surface area contributed by atoms with Crippen LogP contribution < -0.4 is 5.32 Å². The number of ether oxygens (including phenoxy) is 1. The summed E-state index contributed by atoms with van der Waals surface area (Å²) in [7, 11) is 2.34. The van der Waals surface area contributed by atoms with Crippen molar-refractivity contribution >= 4 is 0 Å². The molecule has 0 radical (unpaired) electrons. The lowest BCUT2D eigenvalue weighted by Gasteiger charge is -2.43. The molecule has 3 fully saturated rings. The first-order valence-corrected chi connectivity index (χ1v) is 12.5. The Morgan fingerprint density at radius 2 is 1.66 bits per heavy atom. The van der Waals surface area contributed by atoms with E-state index in [1.54, 1.807) is 0 Å². The van der Waals surface area contributed by atoms with Crippen LogP contribution in [0.15, 0.2) is 0 Å². The van der Waals surface area contributed by atoms with Gasteiger partial charge in [-0.1, -0.05) is 20.8 Å². The van der Waals surface area contributed by atoms with Crippen LogP contribution >= 0.6 is 0 Å². The second kappa shape index (κ2) is 12.0. The molecule has 1 aliphatic heterocycles. The Morgan fingerprint density at radius 1 is 1.00 bits per heavy atom. The van der Waals surface area contributed by atoms with Crippen LogP contribution in [0.2, 0.25) is 0 Å². The van der Waals surface area contributed by atoms with Gasteiger partial charge < -0.3 is 19.9 Å². The molecule has 0 aromatic rings. The first-order chi connectivity index (χ1) is 14.0. The van der Waals surface area contributed by atoms with Gasteiger partial charge >= 0.3 is 0 Å². The SMILES string of the molecule is CCNC1CCC(CN(C)C2CC(OCCN3CCN(CC(C)C)CC3)C2)CC1. The lowest BCUT2D eigenvalue weighted by Crippen LogP contribution is -2.50. The fourth-order valence-electron chi connectivity index (χ4n) is 5.49. The third-order valence-corrected chi connectivity index (χ3v) is 7.43. The second-order valence-corrected chi connectivity index (χ2v) is 10.4. The zero-order valence-electron chi connectivity index (χ0n) is 19.7. The van der Waals surface area contributed by atoms with E-state index in [-0.39, 0.29) is 0 Å². The molecule has 0 aromatic carbocycles. The van der Waals surface area contributed by atoms with E-state index in [4.69, 9.17) is 4.74 Å². The van der Waals surface area contributed by atoms with Gasteiger partial charge in [-0.2, -0.15) is 0 Å². The Labute approximate surface area is 180 Å². The molecule has 170 valence electrons. The first-order valence-electron chi connectivity index (χ1n) is 12.5. The highest BCUT2D eigenvalue weighted by Gasteiger charge is 2.34. The molecule has 5 nitrogen and oxygen atoms in total. The molecule has 1 heterocycles. The zero-order chi connectivity index (χ0) is 20.6. The number of piperazine rings is 1. The van der Waals surface area contributed by atoms with Crippen molar-refractivity contribution in [3.63, 3.8) is 0 Å². The fourth-order valence-corrected chi connectivity index (χ4v) is 5.49. The summed E-state index contributed by atoms with van der Waals surface area (Å²) in [5.41, 5.74) is 0. The molecule has 1 N–H and O–H groups in total. The van der Waals surface area contributed by atoms with E-state index in [1.807, 2.05) is 0 Å². The third kappa shape index (κ3) is 7.77. The summed E-state index contributed by atoms with van der Waals surface area (Å²) in [6.45, 7) is 17.4. The van der Waals surface area contributed by atoms with Crippen LogP contribution in [0.5, 0.6) is 0 Å². The summed E-state index contributed by atoms with van der Waals surface area (Å²) in [6.07, 6.45) is 8.53. The predicted octanol–water partition coefficient (Wildman–Crippen LogP) is 2.91. The molecular weight excluding hydrogens is 360 g/mol. The number of nitrogens with zero attached hydrogens (tertiary/aromatic N) is 3. The van der Waals surface area contributed by atoms with Crippen molar-refractivity contribution in [3.05, 3.63) is 0 Å². The largest absolute Gasteiger partial charge is 0.377 e. The molecule has 2 saturated carbocycles. The summed E-state index contributed by atoms with van der Waals surface area (Å²) < 4.78 is 6.19. The molecule has 0 atom stereocenters. The normalized spacial score (nSPS) is 32.1. The van der Waals surface area contributed by atoms with Gasteiger partial charge in [0.15, 0.2) is 0 Å². The molecule has 29 heavy (non-hydrogen) atoms. The quantitative estimate of drug-likeness (QED) is 0.568. The fraction of sp³-hybridized carbons (Fsp3) is 1.00. The Hall–Kier alpha value is -0.200. The minimum Gasteiger partial charge on any atom is -0.377 e. The molecule has 0 spiro atoms. The van der Waals surface area contributed by atoms with Gasteiger partial charge in [0.25, 0.3) is 0 Å². The van der Waals surface area contributed by atoms with Crippen LogP contribution in [0, 0.1) is 11.8 Å². The zero-order valence-corrected chi connectivity index (χ0v) is 19.7. The number of rotatable bonds is 11. The van der Waals surface area contributed by atoms with Crippen molar-refractivity contribution in [1.29, 1.82) is 0 Å². The second-order valence-electron chi connectivity index (χ2n) is 10.4. The topological polar surface area (TPSA) is 31.0 Å². The molecule has 1 saturated heterocycles. The Bertz CT molecular complexity index is 438. The highest BCUT2D eigenvalue weighted by Crippen LogP contribution is 2.31. The Kier molecular flexibility index (Phi) is 9.70. The van der Waals surface area contributed by atoms with E-state index >= 15 is 0 Å². The number of hydrogen-bond acceptors (Lipinski definition) is 5. The highest BCUT2D eigenvalue weighted by molar-refractivity contribution is 4.89. The van der Waals surface area contributed by atoms with Crippen LogP contribution in [-0.2, 0) is 4.74 Å². The standard InChI is InChI=1S/C24H48N4O/c1-5-25-22-8-6-21(7-9-22)19-26(4)23-16-24(17-23)29-15-14-27-10-12-28(13-11-27)18-20(2)3/h20-25H,5-19H2,1-4H3. The number of hydrogen-bond donors (Lipinski definition) is 1. The van der Waals surface area contributed by atoms with E-state index < -0.39 is 0 Å². The van der Waals surface area contributed by atoms with E-state index in [0.29, 0.717) is 6.10 Å². The van der Waals surface area contributed by atoms with E-state index in [1.165, 1.54) is 77.8 Å². The molecule has 0 bridgehead atoms. The van der Waals surface area contributed by atoms with E-state index in [0.717, 1.165) is 43.6 Å². The van der Waals surface area contributed by atoms with Gasteiger partial charge in [-0.25, -0.2) is 0 Å². The van der Waals surface area contributed by atoms with Gasteiger partial charge in [-0.3, -0.25) is 4.90 Å². The lowest BCUT2D eigenvalue weighted by atomic mass is 9.83. The minimum absolute atomic E-state index is 0.508. The van der Waals surface area contributed by atoms with Gasteiger partial charge in [0.2, 0.25) is 0 Å². The maximum atomic E-state index is 6.19. The van der Waals surface area contributed by atoms with Crippen LogP contribution in [-0.4, -0.2) is 98.9 Å². The smallest absolute Gasteiger partial charge is 0.0605 e.